The summed E-state index contributed by atoms with van der Waals surface area (Å²) in [6, 6.07) is 7.99. The first kappa shape index (κ1) is 13.2. The molecule has 0 aliphatic rings. The van der Waals surface area contributed by atoms with Crippen LogP contribution < -0.4 is 10.1 Å². The monoisotopic (exact) mass is 257 g/mol. The van der Waals surface area contributed by atoms with E-state index in [1.807, 2.05) is 42.0 Å². The SMILES string of the molecule is C=CCn1cc(C)nc1NCc1cccc(OC)c1. The van der Waals surface area contributed by atoms with Crippen LogP contribution in [0.5, 0.6) is 5.75 Å². The summed E-state index contributed by atoms with van der Waals surface area (Å²) in [5.74, 6) is 1.73. The zero-order chi connectivity index (χ0) is 13.7. The average Bonchev–Trinajstić information content (AvgIpc) is 2.77. The van der Waals surface area contributed by atoms with Gasteiger partial charge in [-0.05, 0) is 24.6 Å². The molecule has 4 heteroatoms. The molecule has 1 aromatic heterocycles. The molecule has 0 saturated carbocycles. The van der Waals surface area contributed by atoms with Gasteiger partial charge in [-0.25, -0.2) is 4.98 Å². The van der Waals surface area contributed by atoms with E-state index in [0.29, 0.717) is 6.54 Å². The molecular formula is C15H19N3O. The number of anilines is 1. The Labute approximate surface area is 113 Å². The van der Waals surface area contributed by atoms with Crippen molar-refractivity contribution in [2.24, 2.45) is 0 Å². The molecule has 0 fully saturated rings. The van der Waals surface area contributed by atoms with Crippen molar-refractivity contribution in [2.45, 2.75) is 20.0 Å². The number of hydrogen-bond donors (Lipinski definition) is 1. The second-order valence-corrected chi connectivity index (χ2v) is 4.35. The largest absolute Gasteiger partial charge is 0.497 e. The number of nitrogens with one attached hydrogen (secondary N) is 1. The maximum absolute atomic E-state index is 5.21. The van der Waals surface area contributed by atoms with Crippen molar-refractivity contribution in [2.75, 3.05) is 12.4 Å². The van der Waals surface area contributed by atoms with Crippen molar-refractivity contribution in [1.82, 2.24) is 9.55 Å². The standard InChI is InChI=1S/C15H19N3O/c1-4-8-18-11-12(2)17-15(18)16-10-13-6-5-7-14(9-13)19-3/h4-7,9,11H,1,8,10H2,2-3H3,(H,16,17). The van der Waals surface area contributed by atoms with Crippen molar-refractivity contribution >= 4 is 5.95 Å². The highest BCUT2D eigenvalue weighted by Crippen LogP contribution is 2.15. The Bertz CT molecular complexity index is 560. The smallest absolute Gasteiger partial charge is 0.203 e. The van der Waals surface area contributed by atoms with E-state index in [1.165, 1.54) is 0 Å². The predicted molar refractivity (Wildman–Crippen MR) is 77.5 cm³/mol. The topological polar surface area (TPSA) is 39.1 Å². The maximum atomic E-state index is 5.21. The molecule has 0 bridgehead atoms. The Balaban J connectivity index is 2.07. The second kappa shape index (κ2) is 6.09. The lowest BCUT2D eigenvalue weighted by Gasteiger charge is -2.09. The number of hydrogen-bond acceptors (Lipinski definition) is 3. The molecule has 0 saturated heterocycles. The van der Waals surface area contributed by atoms with E-state index in [2.05, 4.69) is 22.9 Å². The van der Waals surface area contributed by atoms with Gasteiger partial charge in [0.05, 0.1) is 12.8 Å². The number of aryl methyl sites for hydroxylation is 1. The number of ether oxygens (including phenoxy) is 1. The summed E-state index contributed by atoms with van der Waals surface area (Å²) in [5.41, 5.74) is 2.15. The van der Waals surface area contributed by atoms with E-state index >= 15 is 0 Å². The van der Waals surface area contributed by atoms with Crippen LogP contribution in [0.25, 0.3) is 0 Å². The molecule has 1 N–H and O–H groups in total. The van der Waals surface area contributed by atoms with Crippen LogP contribution in [0.3, 0.4) is 0 Å². The summed E-state index contributed by atoms with van der Waals surface area (Å²) in [6.07, 6.45) is 3.87. The van der Waals surface area contributed by atoms with Gasteiger partial charge in [0.1, 0.15) is 5.75 Å². The zero-order valence-electron chi connectivity index (χ0n) is 11.4. The predicted octanol–water partition coefficient (Wildman–Crippen LogP) is 3.00. The molecule has 0 atom stereocenters. The third-order valence-corrected chi connectivity index (χ3v) is 2.81. The Morgan fingerprint density at radius 3 is 3.05 bits per heavy atom. The van der Waals surface area contributed by atoms with Gasteiger partial charge in [0, 0.05) is 19.3 Å². The van der Waals surface area contributed by atoms with Crippen LogP contribution in [0, 0.1) is 6.92 Å². The van der Waals surface area contributed by atoms with E-state index in [0.717, 1.165) is 29.5 Å². The van der Waals surface area contributed by atoms with Gasteiger partial charge in [-0.1, -0.05) is 18.2 Å². The highest BCUT2D eigenvalue weighted by Gasteiger charge is 2.04. The van der Waals surface area contributed by atoms with Crippen molar-refractivity contribution in [3.05, 3.63) is 54.4 Å². The average molecular weight is 257 g/mol. The van der Waals surface area contributed by atoms with Crippen LogP contribution in [0.2, 0.25) is 0 Å². The lowest BCUT2D eigenvalue weighted by molar-refractivity contribution is 0.414. The van der Waals surface area contributed by atoms with E-state index < -0.39 is 0 Å². The summed E-state index contributed by atoms with van der Waals surface area (Å²) in [4.78, 5) is 4.46. The van der Waals surface area contributed by atoms with E-state index in [4.69, 9.17) is 4.74 Å². The van der Waals surface area contributed by atoms with Crippen LogP contribution in [0.15, 0.2) is 43.1 Å². The first-order valence-electron chi connectivity index (χ1n) is 6.24. The molecule has 1 aromatic carbocycles. The van der Waals surface area contributed by atoms with Gasteiger partial charge in [0.2, 0.25) is 5.95 Å². The van der Waals surface area contributed by atoms with Crippen molar-refractivity contribution in [3.63, 3.8) is 0 Å². The molecule has 0 radical (unpaired) electrons. The first-order valence-corrected chi connectivity index (χ1v) is 6.24. The van der Waals surface area contributed by atoms with Gasteiger partial charge < -0.3 is 14.6 Å². The molecule has 19 heavy (non-hydrogen) atoms. The number of imidazole rings is 1. The number of allylic oxidation sites excluding steroid dienone is 1. The number of rotatable bonds is 6. The highest BCUT2D eigenvalue weighted by atomic mass is 16.5. The molecule has 1 heterocycles. The zero-order valence-corrected chi connectivity index (χ0v) is 11.4. The molecule has 2 aromatic rings. The van der Waals surface area contributed by atoms with Crippen molar-refractivity contribution < 1.29 is 4.74 Å². The summed E-state index contributed by atoms with van der Waals surface area (Å²) < 4.78 is 7.26. The van der Waals surface area contributed by atoms with Gasteiger partial charge >= 0.3 is 0 Å². The fraction of sp³-hybridized carbons (Fsp3) is 0.267. The summed E-state index contributed by atoms with van der Waals surface area (Å²) in [6.45, 7) is 7.20. The van der Waals surface area contributed by atoms with E-state index in [9.17, 15) is 0 Å². The van der Waals surface area contributed by atoms with Crippen LogP contribution >= 0.6 is 0 Å². The fourth-order valence-corrected chi connectivity index (χ4v) is 1.93. The third-order valence-electron chi connectivity index (χ3n) is 2.81. The van der Waals surface area contributed by atoms with Gasteiger partial charge in [-0.3, -0.25) is 0 Å². The highest BCUT2D eigenvalue weighted by molar-refractivity contribution is 5.34. The molecule has 2 rings (SSSR count). The van der Waals surface area contributed by atoms with Gasteiger partial charge in [0.15, 0.2) is 0 Å². The first-order chi connectivity index (χ1) is 9.22. The van der Waals surface area contributed by atoms with Gasteiger partial charge in [-0.15, -0.1) is 6.58 Å². The van der Waals surface area contributed by atoms with Crippen LogP contribution in [0.1, 0.15) is 11.3 Å². The lowest BCUT2D eigenvalue weighted by atomic mass is 10.2. The third kappa shape index (κ3) is 3.37. The molecule has 0 unspecified atom stereocenters. The van der Waals surface area contributed by atoms with Crippen molar-refractivity contribution in [1.29, 1.82) is 0 Å². The number of benzene rings is 1. The molecule has 0 aliphatic heterocycles. The number of nitrogens with zero attached hydrogens (tertiary/aromatic N) is 2. The van der Waals surface area contributed by atoms with Crippen LogP contribution in [-0.4, -0.2) is 16.7 Å². The Kier molecular flexibility index (Phi) is 4.23. The number of methoxy groups -OCH3 is 1. The quantitative estimate of drug-likeness (QED) is 0.809. The fourth-order valence-electron chi connectivity index (χ4n) is 1.93. The Morgan fingerprint density at radius 2 is 2.32 bits per heavy atom. The second-order valence-electron chi connectivity index (χ2n) is 4.35. The Hall–Kier alpha value is -2.23. The summed E-state index contributed by atoms with van der Waals surface area (Å²) >= 11 is 0. The van der Waals surface area contributed by atoms with Crippen LogP contribution in [-0.2, 0) is 13.1 Å². The van der Waals surface area contributed by atoms with Gasteiger partial charge in [0.25, 0.3) is 0 Å². The Morgan fingerprint density at radius 1 is 1.47 bits per heavy atom. The minimum Gasteiger partial charge on any atom is -0.497 e. The minimum absolute atomic E-state index is 0.713. The normalized spacial score (nSPS) is 10.2. The molecule has 0 aliphatic carbocycles. The van der Waals surface area contributed by atoms with Crippen molar-refractivity contribution in [3.8, 4) is 5.75 Å². The number of aromatic nitrogens is 2. The summed E-state index contributed by atoms with van der Waals surface area (Å²) in [5, 5.41) is 3.34. The van der Waals surface area contributed by atoms with Crippen LogP contribution in [0.4, 0.5) is 5.95 Å². The minimum atomic E-state index is 0.713. The molecule has 100 valence electrons. The lowest BCUT2D eigenvalue weighted by Crippen LogP contribution is -2.06. The van der Waals surface area contributed by atoms with E-state index in [-0.39, 0.29) is 0 Å². The maximum Gasteiger partial charge on any atom is 0.203 e. The summed E-state index contributed by atoms with van der Waals surface area (Å²) in [7, 11) is 1.67. The molecular weight excluding hydrogens is 238 g/mol. The molecule has 0 amide bonds. The molecule has 4 nitrogen and oxygen atoms in total. The molecule has 0 spiro atoms. The van der Waals surface area contributed by atoms with E-state index in [1.54, 1.807) is 7.11 Å². The van der Waals surface area contributed by atoms with Gasteiger partial charge in [-0.2, -0.15) is 0 Å².